The summed E-state index contributed by atoms with van der Waals surface area (Å²) in [4.78, 5) is 24.2. The summed E-state index contributed by atoms with van der Waals surface area (Å²) in [6, 6.07) is 16.3. The average molecular weight is 457 g/mol. The molecule has 1 amide bonds. The molecule has 4 rings (SSSR count). The minimum absolute atomic E-state index is 0.0551. The number of non-ortho nitro benzene ring substituents is 1. The summed E-state index contributed by atoms with van der Waals surface area (Å²) in [5, 5.41) is 29.3. The van der Waals surface area contributed by atoms with Crippen molar-refractivity contribution >= 4 is 51.9 Å². The van der Waals surface area contributed by atoms with Gasteiger partial charge in [0.2, 0.25) is 5.91 Å². The second kappa shape index (κ2) is 8.33. The molecule has 0 saturated carbocycles. The van der Waals surface area contributed by atoms with E-state index in [1.807, 2.05) is 0 Å². The Labute approximate surface area is 186 Å². The SMILES string of the molecule is O=C1C(Cl)C(c2cc(N=Nc3ccc(Cl)cc3)ccc2O)N1c1ccc([N+](=O)[O-])cc1. The van der Waals surface area contributed by atoms with E-state index in [-0.39, 0.29) is 17.3 Å². The molecule has 1 saturated heterocycles. The van der Waals surface area contributed by atoms with Crippen molar-refractivity contribution in [2.24, 2.45) is 10.2 Å². The monoisotopic (exact) mass is 456 g/mol. The molecule has 1 heterocycles. The Morgan fingerprint density at radius 2 is 1.58 bits per heavy atom. The standard InChI is InChI=1S/C21H14Cl2N4O4/c22-12-1-3-13(4-2-12)24-25-14-5-10-18(28)17(11-14)20-19(23)21(29)26(20)15-6-8-16(9-7-15)27(30)31/h1-11,19-20,28H. The number of azo groups is 1. The first-order chi connectivity index (χ1) is 14.8. The molecular formula is C21H14Cl2N4O4. The summed E-state index contributed by atoms with van der Waals surface area (Å²) in [5.41, 5.74) is 1.79. The van der Waals surface area contributed by atoms with Crippen LogP contribution in [0.1, 0.15) is 11.6 Å². The topological polar surface area (TPSA) is 108 Å². The summed E-state index contributed by atoms with van der Waals surface area (Å²) in [6.07, 6.45) is 0. The number of phenols is 1. The maximum Gasteiger partial charge on any atom is 0.269 e. The predicted octanol–water partition coefficient (Wildman–Crippen LogP) is 6.06. The molecule has 0 aromatic heterocycles. The third-order valence-electron chi connectivity index (χ3n) is 4.80. The van der Waals surface area contributed by atoms with Crippen molar-refractivity contribution in [2.75, 3.05) is 4.90 Å². The van der Waals surface area contributed by atoms with E-state index in [0.717, 1.165) is 0 Å². The van der Waals surface area contributed by atoms with Gasteiger partial charge in [-0.1, -0.05) is 11.6 Å². The van der Waals surface area contributed by atoms with E-state index in [1.165, 1.54) is 35.2 Å². The van der Waals surface area contributed by atoms with E-state index in [2.05, 4.69) is 10.2 Å². The number of phenolic OH excluding ortho intramolecular Hbond substituents is 1. The van der Waals surface area contributed by atoms with Gasteiger partial charge in [0.25, 0.3) is 5.69 Å². The first-order valence-corrected chi connectivity index (χ1v) is 9.88. The number of hydrogen-bond donors (Lipinski definition) is 1. The van der Waals surface area contributed by atoms with Crippen LogP contribution in [0.25, 0.3) is 0 Å². The smallest absolute Gasteiger partial charge is 0.269 e. The van der Waals surface area contributed by atoms with E-state index in [9.17, 15) is 20.0 Å². The fraction of sp³-hybridized carbons (Fsp3) is 0.0952. The number of carbonyl (C=O) groups is 1. The number of amides is 1. The molecule has 1 aliphatic rings. The zero-order valence-corrected chi connectivity index (χ0v) is 17.2. The van der Waals surface area contributed by atoms with Gasteiger partial charge in [-0.15, -0.1) is 11.6 Å². The Morgan fingerprint density at radius 1 is 0.968 bits per heavy atom. The van der Waals surface area contributed by atoms with Crippen molar-refractivity contribution in [1.82, 2.24) is 0 Å². The van der Waals surface area contributed by atoms with E-state index in [4.69, 9.17) is 23.2 Å². The first kappa shape index (κ1) is 20.8. The second-order valence-corrected chi connectivity index (χ2v) is 7.65. The number of nitrogens with zero attached hydrogens (tertiary/aromatic N) is 4. The molecule has 1 fully saturated rings. The van der Waals surface area contributed by atoms with Crippen LogP contribution in [0.5, 0.6) is 5.75 Å². The summed E-state index contributed by atoms with van der Waals surface area (Å²) in [5.74, 6) is -0.423. The van der Waals surface area contributed by atoms with Crippen LogP contribution in [-0.2, 0) is 4.79 Å². The minimum atomic E-state index is -0.899. The molecule has 0 aliphatic carbocycles. The third-order valence-corrected chi connectivity index (χ3v) is 5.48. The van der Waals surface area contributed by atoms with Crippen LogP contribution in [-0.4, -0.2) is 21.3 Å². The van der Waals surface area contributed by atoms with Gasteiger partial charge in [-0.05, 0) is 54.6 Å². The summed E-state index contributed by atoms with van der Waals surface area (Å²) >= 11 is 12.1. The number of carbonyl (C=O) groups excluding carboxylic acids is 1. The van der Waals surface area contributed by atoms with Gasteiger partial charge in [0.05, 0.1) is 22.3 Å². The number of benzene rings is 3. The molecule has 0 spiro atoms. The van der Waals surface area contributed by atoms with Gasteiger partial charge in [-0.2, -0.15) is 10.2 Å². The summed E-state index contributed by atoms with van der Waals surface area (Å²) in [6.45, 7) is 0. The number of anilines is 1. The van der Waals surface area contributed by atoms with Crippen molar-refractivity contribution in [3.63, 3.8) is 0 Å². The lowest BCUT2D eigenvalue weighted by molar-refractivity contribution is -0.384. The normalized spacial score (nSPS) is 18.3. The lowest BCUT2D eigenvalue weighted by atomic mass is 9.91. The zero-order chi connectivity index (χ0) is 22.1. The minimum Gasteiger partial charge on any atom is -0.508 e. The number of aromatic hydroxyl groups is 1. The van der Waals surface area contributed by atoms with Crippen molar-refractivity contribution in [1.29, 1.82) is 0 Å². The molecule has 2 unspecified atom stereocenters. The molecule has 8 nitrogen and oxygen atoms in total. The van der Waals surface area contributed by atoms with Gasteiger partial charge in [0, 0.05) is 28.4 Å². The van der Waals surface area contributed by atoms with Crippen LogP contribution in [0.4, 0.5) is 22.7 Å². The quantitative estimate of drug-likeness (QED) is 0.165. The molecule has 2 atom stereocenters. The number of β-lactam (4-membered cyclic amide) rings is 1. The number of rotatable bonds is 5. The van der Waals surface area contributed by atoms with Gasteiger partial charge < -0.3 is 10.0 Å². The lowest BCUT2D eigenvalue weighted by Crippen LogP contribution is -2.56. The molecular weight excluding hydrogens is 443 g/mol. The number of nitro groups is 1. The second-order valence-electron chi connectivity index (χ2n) is 6.75. The third kappa shape index (κ3) is 4.08. The van der Waals surface area contributed by atoms with E-state index in [0.29, 0.717) is 27.6 Å². The molecule has 1 aliphatic heterocycles. The van der Waals surface area contributed by atoms with Crippen LogP contribution in [0.15, 0.2) is 77.0 Å². The number of nitro benzene ring substituents is 1. The molecule has 0 bridgehead atoms. The first-order valence-electron chi connectivity index (χ1n) is 9.07. The highest BCUT2D eigenvalue weighted by atomic mass is 35.5. The fourth-order valence-electron chi connectivity index (χ4n) is 3.24. The Bertz CT molecular complexity index is 1180. The lowest BCUT2D eigenvalue weighted by Gasteiger charge is -2.44. The molecule has 3 aromatic rings. The summed E-state index contributed by atoms with van der Waals surface area (Å²) < 4.78 is 0. The largest absolute Gasteiger partial charge is 0.508 e. The van der Waals surface area contributed by atoms with Gasteiger partial charge in [-0.3, -0.25) is 14.9 Å². The van der Waals surface area contributed by atoms with Crippen LogP contribution >= 0.6 is 23.2 Å². The van der Waals surface area contributed by atoms with Crippen LogP contribution in [0.3, 0.4) is 0 Å². The van der Waals surface area contributed by atoms with Gasteiger partial charge in [-0.25, -0.2) is 0 Å². The number of hydrogen-bond acceptors (Lipinski definition) is 6. The van der Waals surface area contributed by atoms with Crippen LogP contribution < -0.4 is 4.90 Å². The maximum absolute atomic E-state index is 12.4. The molecule has 156 valence electrons. The molecule has 1 N–H and O–H groups in total. The van der Waals surface area contributed by atoms with E-state index in [1.54, 1.807) is 36.4 Å². The van der Waals surface area contributed by atoms with Crippen molar-refractivity contribution in [3.8, 4) is 5.75 Å². The van der Waals surface area contributed by atoms with Crippen molar-refractivity contribution in [2.45, 2.75) is 11.4 Å². The number of halogens is 2. The van der Waals surface area contributed by atoms with E-state index < -0.39 is 16.3 Å². The Morgan fingerprint density at radius 3 is 2.23 bits per heavy atom. The molecule has 10 heteroatoms. The van der Waals surface area contributed by atoms with Crippen LogP contribution in [0.2, 0.25) is 5.02 Å². The predicted molar refractivity (Wildman–Crippen MR) is 117 cm³/mol. The van der Waals surface area contributed by atoms with Crippen molar-refractivity contribution in [3.05, 3.63) is 87.4 Å². The highest BCUT2D eigenvalue weighted by Gasteiger charge is 2.49. The van der Waals surface area contributed by atoms with Crippen molar-refractivity contribution < 1.29 is 14.8 Å². The zero-order valence-electron chi connectivity index (χ0n) is 15.7. The Hall–Kier alpha value is -3.49. The fourth-order valence-corrected chi connectivity index (χ4v) is 3.72. The molecule has 3 aromatic carbocycles. The van der Waals surface area contributed by atoms with Gasteiger partial charge in [0.1, 0.15) is 11.1 Å². The van der Waals surface area contributed by atoms with Gasteiger partial charge >= 0.3 is 0 Å². The Balaban J connectivity index is 1.64. The summed E-state index contributed by atoms with van der Waals surface area (Å²) in [7, 11) is 0. The van der Waals surface area contributed by atoms with Crippen LogP contribution in [0, 0.1) is 10.1 Å². The maximum atomic E-state index is 12.4. The molecule has 0 radical (unpaired) electrons. The Kier molecular flexibility index (Phi) is 5.58. The van der Waals surface area contributed by atoms with Gasteiger partial charge in [0.15, 0.2) is 0 Å². The highest BCUT2D eigenvalue weighted by Crippen LogP contribution is 2.46. The average Bonchev–Trinajstić information content (AvgIpc) is 2.77. The molecule has 31 heavy (non-hydrogen) atoms. The van der Waals surface area contributed by atoms with E-state index >= 15 is 0 Å². The number of alkyl halides is 1. The highest BCUT2D eigenvalue weighted by molar-refractivity contribution is 6.37.